The van der Waals surface area contributed by atoms with E-state index in [2.05, 4.69) is 51.8 Å². The summed E-state index contributed by atoms with van der Waals surface area (Å²) < 4.78 is 0. The van der Waals surface area contributed by atoms with Crippen LogP contribution < -0.4 is 10.6 Å². The predicted octanol–water partition coefficient (Wildman–Crippen LogP) is 2.40. The second kappa shape index (κ2) is 4.67. The molecule has 0 aromatic heterocycles. The highest BCUT2D eigenvalue weighted by atomic mass is 15.1. The summed E-state index contributed by atoms with van der Waals surface area (Å²) in [5.74, 6) is 0. The molecule has 1 rings (SSSR count). The molecular weight excluding hydrogens is 184 g/mol. The first-order valence-corrected chi connectivity index (χ1v) is 5.48. The molecule has 0 spiro atoms. The van der Waals surface area contributed by atoms with Crippen LogP contribution in [0.3, 0.4) is 0 Å². The first-order chi connectivity index (χ1) is 6.97. The van der Waals surface area contributed by atoms with Crippen molar-refractivity contribution in [2.45, 2.75) is 33.7 Å². The van der Waals surface area contributed by atoms with E-state index in [1.807, 2.05) is 0 Å². The third kappa shape index (κ3) is 2.51. The molecule has 0 saturated heterocycles. The maximum atomic E-state index is 5.69. The SMILES string of the molecule is Cc1cc(C)c(N(C)C(C)CN)cc1C. The summed E-state index contributed by atoms with van der Waals surface area (Å²) in [5.41, 5.74) is 11.0. The lowest BCUT2D eigenvalue weighted by Crippen LogP contribution is -2.35. The molecule has 0 fully saturated rings. The topological polar surface area (TPSA) is 29.3 Å². The van der Waals surface area contributed by atoms with Gasteiger partial charge in [-0.2, -0.15) is 0 Å². The van der Waals surface area contributed by atoms with E-state index in [1.54, 1.807) is 0 Å². The molecule has 0 aliphatic rings. The van der Waals surface area contributed by atoms with E-state index in [0.717, 1.165) is 0 Å². The Morgan fingerprint density at radius 1 is 1.13 bits per heavy atom. The van der Waals surface area contributed by atoms with Gasteiger partial charge in [0.15, 0.2) is 0 Å². The van der Waals surface area contributed by atoms with Crippen molar-refractivity contribution >= 4 is 5.69 Å². The fraction of sp³-hybridized carbons (Fsp3) is 0.538. The van der Waals surface area contributed by atoms with E-state index in [4.69, 9.17) is 5.73 Å². The number of likely N-dealkylation sites (N-methyl/N-ethyl adjacent to an activating group) is 1. The molecule has 2 heteroatoms. The quantitative estimate of drug-likeness (QED) is 0.823. The molecule has 84 valence electrons. The van der Waals surface area contributed by atoms with Gasteiger partial charge in [0.1, 0.15) is 0 Å². The Labute approximate surface area is 93.1 Å². The molecule has 1 aromatic rings. The number of hydrogen-bond donors (Lipinski definition) is 1. The molecule has 2 nitrogen and oxygen atoms in total. The number of anilines is 1. The number of nitrogens with zero attached hydrogens (tertiary/aromatic N) is 1. The van der Waals surface area contributed by atoms with Crippen LogP contribution in [0.2, 0.25) is 0 Å². The van der Waals surface area contributed by atoms with Crippen molar-refractivity contribution in [1.29, 1.82) is 0 Å². The number of rotatable bonds is 3. The maximum absolute atomic E-state index is 5.69. The molecule has 0 aliphatic heterocycles. The van der Waals surface area contributed by atoms with Gasteiger partial charge in [-0.3, -0.25) is 0 Å². The van der Waals surface area contributed by atoms with Gasteiger partial charge in [-0.25, -0.2) is 0 Å². The van der Waals surface area contributed by atoms with Crippen LogP contribution in [0.5, 0.6) is 0 Å². The number of hydrogen-bond acceptors (Lipinski definition) is 2. The fourth-order valence-electron chi connectivity index (χ4n) is 1.72. The lowest BCUT2D eigenvalue weighted by Gasteiger charge is -2.28. The summed E-state index contributed by atoms with van der Waals surface area (Å²) in [6.45, 7) is 9.29. The molecule has 0 bridgehead atoms. The van der Waals surface area contributed by atoms with Gasteiger partial charge in [-0.15, -0.1) is 0 Å². The third-order valence-electron chi connectivity index (χ3n) is 3.19. The van der Waals surface area contributed by atoms with Gasteiger partial charge in [0.2, 0.25) is 0 Å². The van der Waals surface area contributed by atoms with E-state index in [-0.39, 0.29) is 0 Å². The number of benzene rings is 1. The zero-order chi connectivity index (χ0) is 11.6. The highest BCUT2D eigenvalue weighted by Crippen LogP contribution is 2.24. The third-order valence-corrected chi connectivity index (χ3v) is 3.19. The predicted molar refractivity (Wildman–Crippen MR) is 67.6 cm³/mol. The highest BCUT2D eigenvalue weighted by molar-refractivity contribution is 5.57. The summed E-state index contributed by atoms with van der Waals surface area (Å²) in [6, 6.07) is 4.87. The molecular formula is C13H22N2. The van der Waals surface area contributed by atoms with Crippen molar-refractivity contribution in [3.8, 4) is 0 Å². The summed E-state index contributed by atoms with van der Waals surface area (Å²) in [7, 11) is 2.11. The fourth-order valence-corrected chi connectivity index (χ4v) is 1.72. The van der Waals surface area contributed by atoms with Gasteiger partial charge in [0, 0.05) is 25.3 Å². The molecule has 1 unspecified atom stereocenters. The molecule has 2 N–H and O–H groups in total. The standard InChI is InChI=1S/C13H22N2/c1-9-6-11(3)13(7-10(9)2)15(5)12(4)8-14/h6-7,12H,8,14H2,1-5H3. The Kier molecular flexibility index (Phi) is 3.75. The van der Waals surface area contributed by atoms with Gasteiger partial charge in [0.05, 0.1) is 0 Å². The van der Waals surface area contributed by atoms with Gasteiger partial charge in [0.25, 0.3) is 0 Å². The van der Waals surface area contributed by atoms with Gasteiger partial charge < -0.3 is 10.6 Å². The summed E-state index contributed by atoms with van der Waals surface area (Å²) >= 11 is 0. The van der Waals surface area contributed by atoms with Crippen LogP contribution in [0.4, 0.5) is 5.69 Å². The molecule has 0 heterocycles. The Hall–Kier alpha value is -1.02. The Morgan fingerprint density at radius 3 is 2.20 bits per heavy atom. The Bertz CT molecular complexity index is 345. The molecule has 0 radical (unpaired) electrons. The highest BCUT2D eigenvalue weighted by Gasteiger charge is 2.11. The van der Waals surface area contributed by atoms with Crippen LogP contribution >= 0.6 is 0 Å². The van der Waals surface area contributed by atoms with E-state index in [9.17, 15) is 0 Å². The molecule has 1 atom stereocenters. The molecule has 0 saturated carbocycles. The smallest absolute Gasteiger partial charge is 0.0399 e. The minimum Gasteiger partial charge on any atom is -0.370 e. The molecule has 15 heavy (non-hydrogen) atoms. The Morgan fingerprint density at radius 2 is 1.67 bits per heavy atom. The maximum Gasteiger partial charge on any atom is 0.0399 e. The molecule has 0 amide bonds. The van der Waals surface area contributed by atoms with E-state index in [1.165, 1.54) is 22.4 Å². The van der Waals surface area contributed by atoms with Crippen molar-refractivity contribution in [3.63, 3.8) is 0 Å². The van der Waals surface area contributed by atoms with Crippen molar-refractivity contribution in [1.82, 2.24) is 0 Å². The van der Waals surface area contributed by atoms with E-state index < -0.39 is 0 Å². The van der Waals surface area contributed by atoms with Crippen molar-refractivity contribution < 1.29 is 0 Å². The van der Waals surface area contributed by atoms with Crippen LogP contribution in [0.25, 0.3) is 0 Å². The lowest BCUT2D eigenvalue weighted by molar-refractivity contribution is 0.693. The van der Waals surface area contributed by atoms with Crippen LogP contribution in [-0.2, 0) is 0 Å². The minimum atomic E-state index is 0.380. The van der Waals surface area contributed by atoms with Crippen molar-refractivity contribution in [2.24, 2.45) is 5.73 Å². The second-order valence-electron chi connectivity index (χ2n) is 4.42. The molecule has 1 aromatic carbocycles. The first kappa shape index (κ1) is 12.1. The van der Waals surface area contributed by atoms with Crippen LogP contribution in [0.1, 0.15) is 23.6 Å². The van der Waals surface area contributed by atoms with Crippen molar-refractivity contribution in [2.75, 3.05) is 18.5 Å². The number of nitrogens with two attached hydrogens (primary N) is 1. The normalized spacial score (nSPS) is 12.7. The second-order valence-corrected chi connectivity index (χ2v) is 4.42. The van der Waals surface area contributed by atoms with E-state index >= 15 is 0 Å². The summed E-state index contributed by atoms with van der Waals surface area (Å²) in [4.78, 5) is 2.25. The average molecular weight is 206 g/mol. The van der Waals surface area contributed by atoms with Crippen LogP contribution in [-0.4, -0.2) is 19.6 Å². The lowest BCUT2D eigenvalue weighted by atomic mass is 10.0. The molecule has 0 aliphatic carbocycles. The monoisotopic (exact) mass is 206 g/mol. The Balaban J connectivity index is 3.09. The first-order valence-electron chi connectivity index (χ1n) is 5.48. The average Bonchev–Trinajstić information content (AvgIpc) is 2.21. The van der Waals surface area contributed by atoms with Crippen LogP contribution in [0, 0.1) is 20.8 Å². The zero-order valence-corrected chi connectivity index (χ0v) is 10.5. The minimum absolute atomic E-state index is 0.380. The number of aryl methyl sites for hydroxylation is 3. The van der Waals surface area contributed by atoms with Crippen LogP contribution in [0.15, 0.2) is 12.1 Å². The van der Waals surface area contributed by atoms with Crippen molar-refractivity contribution in [3.05, 3.63) is 28.8 Å². The largest absolute Gasteiger partial charge is 0.370 e. The summed E-state index contributed by atoms with van der Waals surface area (Å²) in [6.07, 6.45) is 0. The van der Waals surface area contributed by atoms with Gasteiger partial charge in [-0.1, -0.05) is 6.07 Å². The van der Waals surface area contributed by atoms with Gasteiger partial charge in [-0.05, 0) is 50.5 Å². The summed E-state index contributed by atoms with van der Waals surface area (Å²) in [5, 5.41) is 0. The van der Waals surface area contributed by atoms with E-state index in [0.29, 0.717) is 12.6 Å². The zero-order valence-electron chi connectivity index (χ0n) is 10.5. The van der Waals surface area contributed by atoms with Gasteiger partial charge >= 0.3 is 0 Å².